The highest BCUT2D eigenvalue weighted by Crippen LogP contribution is 2.19. The quantitative estimate of drug-likeness (QED) is 0.578. The third kappa shape index (κ3) is 5.40. The number of aryl methyl sites for hydroxylation is 1. The first-order valence-corrected chi connectivity index (χ1v) is 10.8. The molecule has 6 nitrogen and oxygen atoms in total. The summed E-state index contributed by atoms with van der Waals surface area (Å²) in [6.07, 6.45) is 0. The monoisotopic (exact) mass is 438 g/mol. The van der Waals surface area contributed by atoms with E-state index in [4.69, 9.17) is 11.6 Å². The van der Waals surface area contributed by atoms with Crippen LogP contribution in [-0.4, -0.2) is 33.7 Å². The van der Waals surface area contributed by atoms with Gasteiger partial charge in [-0.1, -0.05) is 61.8 Å². The molecule has 0 bridgehead atoms. The fraction of sp³-hybridized carbons (Fsp3) is 0.292. The number of para-hydroxylation sites is 1. The zero-order chi connectivity index (χ0) is 22.4. The molecule has 1 heterocycles. The molecule has 0 fully saturated rings. The highest BCUT2D eigenvalue weighted by molar-refractivity contribution is 6.32. The standard InChI is InChI=1S/C24H27ClN4O2/c1-4-28(5-2)16-19-11-7-6-10-18(19)15-26-24(31)23-22(30)14-17(3)29(27-23)21-13-9-8-12-20(21)25/h6-14H,4-5,15-16H2,1-3H3,(H,26,31). The number of rotatable bonds is 8. The van der Waals surface area contributed by atoms with Gasteiger partial charge in [0.1, 0.15) is 0 Å². The molecular weight excluding hydrogens is 412 g/mol. The molecule has 0 atom stereocenters. The Morgan fingerprint density at radius 3 is 2.39 bits per heavy atom. The molecule has 0 aliphatic heterocycles. The Kier molecular flexibility index (Phi) is 7.60. The van der Waals surface area contributed by atoms with E-state index in [1.807, 2.05) is 30.3 Å². The van der Waals surface area contributed by atoms with Crippen molar-refractivity contribution >= 4 is 17.5 Å². The van der Waals surface area contributed by atoms with E-state index < -0.39 is 11.3 Å². The van der Waals surface area contributed by atoms with E-state index in [-0.39, 0.29) is 5.69 Å². The van der Waals surface area contributed by atoms with Gasteiger partial charge < -0.3 is 5.32 Å². The van der Waals surface area contributed by atoms with Crippen molar-refractivity contribution in [3.8, 4) is 5.69 Å². The van der Waals surface area contributed by atoms with Gasteiger partial charge in [0, 0.05) is 24.8 Å². The van der Waals surface area contributed by atoms with Gasteiger partial charge in [0.15, 0.2) is 5.69 Å². The minimum absolute atomic E-state index is 0.160. The summed E-state index contributed by atoms with van der Waals surface area (Å²) < 4.78 is 1.52. The van der Waals surface area contributed by atoms with Crippen LogP contribution in [0.2, 0.25) is 5.02 Å². The van der Waals surface area contributed by atoms with Crippen molar-refractivity contribution in [3.05, 3.63) is 92.4 Å². The second-order valence-corrected chi connectivity index (χ2v) is 7.68. The first kappa shape index (κ1) is 22.7. The first-order chi connectivity index (χ1) is 14.9. The molecule has 3 aromatic rings. The lowest BCUT2D eigenvalue weighted by atomic mass is 10.1. The Bertz CT molecular complexity index is 1120. The summed E-state index contributed by atoms with van der Waals surface area (Å²) in [5.41, 5.74) is 2.79. The summed E-state index contributed by atoms with van der Waals surface area (Å²) in [5.74, 6) is -0.511. The molecule has 0 aliphatic carbocycles. The van der Waals surface area contributed by atoms with Gasteiger partial charge in [-0.2, -0.15) is 5.10 Å². The minimum atomic E-state index is -0.511. The van der Waals surface area contributed by atoms with Gasteiger partial charge in [-0.25, -0.2) is 4.68 Å². The number of nitrogens with one attached hydrogen (secondary N) is 1. The van der Waals surface area contributed by atoms with Crippen LogP contribution in [-0.2, 0) is 13.1 Å². The topological polar surface area (TPSA) is 67.2 Å². The third-order valence-electron chi connectivity index (χ3n) is 5.25. The molecule has 1 aromatic heterocycles. The number of carbonyl (C=O) groups excluding carboxylic acids is 1. The van der Waals surface area contributed by atoms with Crippen LogP contribution in [0.25, 0.3) is 5.69 Å². The van der Waals surface area contributed by atoms with Gasteiger partial charge in [-0.15, -0.1) is 0 Å². The van der Waals surface area contributed by atoms with Crippen LogP contribution >= 0.6 is 11.6 Å². The lowest BCUT2D eigenvalue weighted by molar-refractivity contribution is 0.0942. The van der Waals surface area contributed by atoms with Crippen molar-refractivity contribution in [1.29, 1.82) is 0 Å². The Labute approximate surface area is 187 Å². The van der Waals surface area contributed by atoms with E-state index in [1.54, 1.807) is 19.1 Å². The Hall–Kier alpha value is -2.96. The van der Waals surface area contributed by atoms with Crippen LogP contribution < -0.4 is 10.7 Å². The van der Waals surface area contributed by atoms with Gasteiger partial charge in [-0.05, 0) is 43.3 Å². The van der Waals surface area contributed by atoms with Gasteiger partial charge >= 0.3 is 0 Å². The van der Waals surface area contributed by atoms with E-state index >= 15 is 0 Å². The summed E-state index contributed by atoms with van der Waals surface area (Å²) in [6.45, 7) is 9.03. The summed E-state index contributed by atoms with van der Waals surface area (Å²) in [5, 5.41) is 7.65. The fourth-order valence-corrected chi connectivity index (χ4v) is 3.62. The number of halogens is 1. The van der Waals surface area contributed by atoms with Gasteiger partial charge in [0.2, 0.25) is 5.43 Å². The lowest BCUT2D eigenvalue weighted by Gasteiger charge is -2.20. The molecule has 162 valence electrons. The SMILES string of the molecule is CCN(CC)Cc1ccccc1CNC(=O)c1nn(-c2ccccc2Cl)c(C)cc1=O. The zero-order valence-electron chi connectivity index (χ0n) is 18.1. The van der Waals surface area contributed by atoms with Crippen LogP contribution in [0.1, 0.15) is 41.2 Å². The van der Waals surface area contributed by atoms with Crippen molar-refractivity contribution in [2.24, 2.45) is 0 Å². The number of aromatic nitrogens is 2. The largest absolute Gasteiger partial charge is 0.346 e. The Morgan fingerprint density at radius 2 is 1.71 bits per heavy atom. The first-order valence-electron chi connectivity index (χ1n) is 10.4. The second-order valence-electron chi connectivity index (χ2n) is 7.27. The third-order valence-corrected chi connectivity index (χ3v) is 5.57. The molecule has 1 N–H and O–H groups in total. The maximum absolute atomic E-state index is 12.8. The Balaban J connectivity index is 1.83. The second kappa shape index (κ2) is 10.4. The molecule has 0 saturated carbocycles. The summed E-state index contributed by atoms with van der Waals surface area (Å²) in [6, 6.07) is 16.6. The van der Waals surface area contributed by atoms with Crippen molar-refractivity contribution in [2.45, 2.75) is 33.9 Å². The summed E-state index contributed by atoms with van der Waals surface area (Å²) in [7, 11) is 0. The number of nitrogens with zero attached hydrogens (tertiary/aromatic N) is 3. The number of amides is 1. The molecule has 2 aromatic carbocycles. The molecule has 3 rings (SSSR count). The molecule has 0 saturated heterocycles. The fourth-order valence-electron chi connectivity index (χ4n) is 3.40. The average molecular weight is 439 g/mol. The molecule has 0 spiro atoms. The highest BCUT2D eigenvalue weighted by atomic mass is 35.5. The molecule has 31 heavy (non-hydrogen) atoms. The molecule has 1 amide bonds. The average Bonchev–Trinajstić information content (AvgIpc) is 2.77. The van der Waals surface area contributed by atoms with E-state index in [9.17, 15) is 9.59 Å². The van der Waals surface area contributed by atoms with Crippen LogP contribution in [0, 0.1) is 6.92 Å². The van der Waals surface area contributed by atoms with Crippen LogP contribution in [0.5, 0.6) is 0 Å². The number of benzene rings is 2. The van der Waals surface area contributed by atoms with E-state index in [2.05, 4.69) is 35.2 Å². The van der Waals surface area contributed by atoms with Crippen molar-refractivity contribution in [2.75, 3.05) is 13.1 Å². The number of hydrogen-bond acceptors (Lipinski definition) is 4. The van der Waals surface area contributed by atoms with Gasteiger partial charge in [0.25, 0.3) is 5.91 Å². The highest BCUT2D eigenvalue weighted by Gasteiger charge is 2.17. The van der Waals surface area contributed by atoms with E-state index in [0.717, 1.165) is 30.8 Å². The molecule has 0 unspecified atom stereocenters. The van der Waals surface area contributed by atoms with Gasteiger partial charge in [-0.3, -0.25) is 14.5 Å². The summed E-state index contributed by atoms with van der Waals surface area (Å²) >= 11 is 6.28. The van der Waals surface area contributed by atoms with E-state index in [1.165, 1.54) is 10.7 Å². The van der Waals surface area contributed by atoms with Crippen LogP contribution in [0.3, 0.4) is 0 Å². The maximum Gasteiger partial charge on any atom is 0.276 e. The number of carbonyl (C=O) groups is 1. The normalized spacial score (nSPS) is 11.0. The zero-order valence-corrected chi connectivity index (χ0v) is 18.8. The Morgan fingerprint density at radius 1 is 1.06 bits per heavy atom. The van der Waals surface area contributed by atoms with Gasteiger partial charge in [0.05, 0.1) is 10.7 Å². The minimum Gasteiger partial charge on any atom is -0.346 e. The molecular formula is C24H27ClN4O2. The lowest BCUT2D eigenvalue weighted by Crippen LogP contribution is -2.32. The summed E-state index contributed by atoms with van der Waals surface area (Å²) in [4.78, 5) is 27.6. The smallest absolute Gasteiger partial charge is 0.276 e. The van der Waals surface area contributed by atoms with Crippen molar-refractivity contribution < 1.29 is 4.79 Å². The van der Waals surface area contributed by atoms with Crippen molar-refractivity contribution in [3.63, 3.8) is 0 Å². The predicted molar refractivity (Wildman–Crippen MR) is 124 cm³/mol. The predicted octanol–water partition coefficient (Wildman–Crippen LogP) is 3.97. The van der Waals surface area contributed by atoms with E-state index in [0.29, 0.717) is 22.9 Å². The number of hydrogen-bond donors (Lipinski definition) is 1. The molecule has 0 aliphatic rings. The van der Waals surface area contributed by atoms with Crippen LogP contribution in [0.4, 0.5) is 0 Å². The van der Waals surface area contributed by atoms with Crippen molar-refractivity contribution in [1.82, 2.24) is 20.0 Å². The maximum atomic E-state index is 12.8. The van der Waals surface area contributed by atoms with Crippen LogP contribution in [0.15, 0.2) is 59.4 Å². The molecule has 7 heteroatoms. The molecule has 0 radical (unpaired) electrons.